The molecule has 3 rings (SSSR count). The van der Waals surface area contributed by atoms with E-state index >= 15 is 0 Å². The van der Waals surface area contributed by atoms with Gasteiger partial charge in [0.15, 0.2) is 0 Å². The average molecular weight is 316 g/mol. The Morgan fingerprint density at radius 3 is 2.17 bits per heavy atom. The van der Waals surface area contributed by atoms with Crippen molar-refractivity contribution in [2.75, 3.05) is 0 Å². The number of hydrogen-bond donors (Lipinski definition) is 0. The first-order valence-corrected chi connectivity index (χ1v) is 8.61. The van der Waals surface area contributed by atoms with Crippen LogP contribution in [0, 0.1) is 6.92 Å². The van der Waals surface area contributed by atoms with Crippen molar-refractivity contribution in [1.82, 2.24) is 0 Å². The maximum absolute atomic E-state index is 6.04. The largest absolute Gasteiger partial charge is 0.489 e. The van der Waals surface area contributed by atoms with Gasteiger partial charge in [-0.15, -0.1) is 0 Å². The lowest BCUT2D eigenvalue weighted by molar-refractivity contribution is 0.302. The van der Waals surface area contributed by atoms with Crippen molar-refractivity contribution < 1.29 is 4.74 Å². The highest BCUT2D eigenvalue weighted by Gasteiger charge is 2.04. The van der Waals surface area contributed by atoms with Gasteiger partial charge in [-0.25, -0.2) is 0 Å². The summed E-state index contributed by atoms with van der Waals surface area (Å²) in [7, 11) is 0. The predicted octanol–water partition coefficient (Wildman–Crippen LogP) is 5.75. The minimum absolute atomic E-state index is 0.621. The van der Waals surface area contributed by atoms with Crippen LogP contribution in [0.5, 0.6) is 5.75 Å². The monoisotopic (exact) mass is 316 g/mol. The molecular formula is C23H24O. The Morgan fingerprint density at radius 1 is 0.667 bits per heavy atom. The zero-order chi connectivity index (χ0) is 16.6. The van der Waals surface area contributed by atoms with Crippen molar-refractivity contribution in [1.29, 1.82) is 0 Å². The third-order valence-electron chi connectivity index (χ3n) is 4.24. The van der Waals surface area contributed by atoms with Crippen molar-refractivity contribution in [2.45, 2.75) is 32.8 Å². The number of benzene rings is 3. The van der Waals surface area contributed by atoms with Crippen LogP contribution in [-0.4, -0.2) is 0 Å². The lowest BCUT2D eigenvalue weighted by Gasteiger charge is -2.11. The van der Waals surface area contributed by atoms with Crippen molar-refractivity contribution in [2.24, 2.45) is 0 Å². The molecule has 0 aliphatic rings. The molecule has 0 atom stereocenters. The van der Waals surface area contributed by atoms with Crippen LogP contribution in [0.3, 0.4) is 0 Å². The summed E-state index contributed by atoms with van der Waals surface area (Å²) in [5.41, 5.74) is 5.22. The van der Waals surface area contributed by atoms with Crippen LogP contribution in [0.25, 0.3) is 0 Å². The number of ether oxygens (including phenoxy) is 1. The Labute approximate surface area is 144 Å². The minimum Gasteiger partial charge on any atom is -0.489 e. The van der Waals surface area contributed by atoms with E-state index in [-0.39, 0.29) is 0 Å². The van der Waals surface area contributed by atoms with Crippen LogP contribution >= 0.6 is 0 Å². The van der Waals surface area contributed by atoms with Crippen LogP contribution in [0.1, 0.15) is 28.7 Å². The average Bonchev–Trinajstić information content (AvgIpc) is 2.63. The van der Waals surface area contributed by atoms with Crippen LogP contribution in [0.4, 0.5) is 0 Å². The van der Waals surface area contributed by atoms with Gasteiger partial charge in [0.2, 0.25) is 0 Å². The molecule has 0 N–H and O–H groups in total. The normalized spacial score (nSPS) is 10.5. The summed E-state index contributed by atoms with van der Waals surface area (Å²) in [6.45, 7) is 2.75. The van der Waals surface area contributed by atoms with Gasteiger partial charge < -0.3 is 4.74 Å². The quantitative estimate of drug-likeness (QED) is 0.539. The molecule has 0 unspecified atom stereocenters. The second-order valence-corrected chi connectivity index (χ2v) is 6.22. The third-order valence-corrected chi connectivity index (χ3v) is 4.24. The highest BCUT2D eigenvalue weighted by atomic mass is 16.5. The summed E-state index contributed by atoms with van der Waals surface area (Å²) in [5.74, 6) is 1.00. The van der Waals surface area contributed by atoms with E-state index in [1.807, 2.05) is 24.3 Å². The number of para-hydroxylation sites is 1. The molecular weight excluding hydrogens is 292 g/mol. The van der Waals surface area contributed by atoms with E-state index in [2.05, 4.69) is 61.5 Å². The molecule has 24 heavy (non-hydrogen) atoms. The summed E-state index contributed by atoms with van der Waals surface area (Å²) < 4.78 is 6.04. The molecule has 0 spiro atoms. The molecule has 0 saturated carbocycles. The number of hydrogen-bond acceptors (Lipinski definition) is 1. The molecule has 3 aromatic rings. The molecule has 0 aromatic heterocycles. The molecule has 122 valence electrons. The van der Waals surface area contributed by atoms with Gasteiger partial charge in [0.1, 0.15) is 12.4 Å². The van der Waals surface area contributed by atoms with E-state index in [0.717, 1.165) is 25.0 Å². The van der Waals surface area contributed by atoms with Crippen molar-refractivity contribution >= 4 is 0 Å². The Kier molecular flexibility index (Phi) is 5.68. The summed E-state index contributed by atoms with van der Waals surface area (Å²) in [6.07, 6.45) is 3.28. The molecule has 0 saturated heterocycles. The third kappa shape index (κ3) is 4.73. The maximum atomic E-state index is 6.04. The smallest absolute Gasteiger partial charge is 0.122 e. The first-order valence-electron chi connectivity index (χ1n) is 8.61. The molecule has 0 fully saturated rings. The highest BCUT2D eigenvalue weighted by molar-refractivity contribution is 5.34. The lowest BCUT2D eigenvalue weighted by Crippen LogP contribution is -1.99. The van der Waals surface area contributed by atoms with E-state index in [1.54, 1.807) is 0 Å². The lowest BCUT2D eigenvalue weighted by atomic mass is 10.0. The SMILES string of the molecule is Cc1ccc(CCCc2ccccc2OCc2ccccc2)cc1. The fourth-order valence-corrected chi connectivity index (χ4v) is 2.82. The first-order chi connectivity index (χ1) is 11.8. The standard InChI is InChI=1S/C23H24O/c1-19-14-16-20(17-15-19)10-7-12-22-11-5-6-13-23(22)24-18-21-8-3-2-4-9-21/h2-6,8-9,11,13-17H,7,10,12,18H2,1H3. The van der Waals surface area contributed by atoms with Gasteiger partial charge in [-0.3, -0.25) is 0 Å². The van der Waals surface area contributed by atoms with Gasteiger partial charge in [0.05, 0.1) is 0 Å². The number of rotatable bonds is 7. The summed E-state index contributed by atoms with van der Waals surface area (Å²) in [4.78, 5) is 0. The molecule has 0 aliphatic heterocycles. The molecule has 1 nitrogen and oxygen atoms in total. The molecule has 1 heteroatoms. The molecule has 0 radical (unpaired) electrons. The van der Waals surface area contributed by atoms with Gasteiger partial charge in [-0.05, 0) is 48.9 Å². The van der Waals surface area contributed by atoms with Crippen molar-refractivity contribution in [3.8, 4) is 5.75 Å². The van der Waals surface area contributed by atoms with E-state index < -0.39 is 0 Å². The Balaban J connectivity index is 1.56. The second-order valence-electron chi connectivity index (χ2n) is 6.22. The molecule has 0 bridgehead atoms. The fourth-order valence-electron chi connectivity index (χ4n) is 2.82. The second kappa shape index (κ2) is 8.35. The van der Waals surface area contributed by atoms with Crippen LogP contribution in [0.15, 0.2) is 78.9 Å². The summed E-state index contributed by atoms with van der Waals surface area (Å²) in [5, 5.41) is 0. The zero-order valence-corrected chi connectivity index (χ0v) is 14.2. The van der Waals surface area contributed by atoms with Gasteiger partial charge in [-0.1, -0.05) is 78.4 Å². The van der Waals surface area contributed by atoms with Crippen LogP contribution in [-0.2, 0) is 19.4 Å². The van der Waals surface area contributed by atoms with E-state index in [4.69, 9.17) is 4.74 Å². The highest BCUT2D eigenvalue weighted by Crippen LogP contribution is 2.21. The van der Waals surface area contributed by atoms with E-state index in [1.165, 1.54) is 22.3 Å². The fraction of sp³-hybridized carbons (Fsp3) is 0.217. The Hall–Kier alpha value is -2.54. The Morgan fingerprint density at radius 2 is 1.38 bits per heavy atom. The van der Waals surface area contributed by atoms with Gasteiger partial charge in [-0.2, -0.15) is 0 Å². The zero-order valence-electron chi connectivity index (χ0n) is 14.2. The van der Waals surface area contributed by atoms with Crippen LogP contribution in [0.2, 0.25) is 0 Å². The molecule has 0 aliphatic carbocycles. The number of aryl methyl sites for hydroxylation is 3. The summed E-state index contributed by atoms with van der Waals surface area (Å²) in [6, 6.07) is 27.5. The van der Waals surface area contributed by atoms with Crippen LogP contribution < -0.4 is 4.74 Å². The van der Waals surface area contributed by atoms with E-state index in [9.17, 15) is 0 Å². The maximum Gasteiger partial charge on any atom is 0.122 e. The van der Waals surface area contributed by atoms with Gasteiger partial charge >= 0.3 is 0 Å². The van der Waals surface area contributed by atoms with Crippen molar-refractivity contribution in [3.63, 3.8) is 0 Å². The Bertz CT molecular complexity index is 745. The minimum atomic E-state index is 0.621. The molecule has 0 heterocycles. The molecule has 3 aromatic carbocycles. The van der Waals surface area contributed by atoms with Gasteiger partial charge in [0, 0.05) is 0 Å². The van der Waals surface area contributed by atoms with E-state index in [0.29, 0.717) is 6.61 Å². The molecule has 0 amide bonds. The topological polar surface area (TPSA) is 9.23 Å². The first kappa shape index (κ1) is 16.3. The predicted molar refractivity (Wildman–Crippen MR) is 100 cm³/mol. The summed E-state index contributed by atoms with van der Waals surface area (Å²) >= 11 is 0. The van der Waals surface area contributed by atoms with Gasteiger partial charge in [0.25, 0.3) is 0 Å². The van der Waals surface area contributed by atoms with Crippen molar-refractivity contribution in [3.05, 3.63) is 101 Å².